The molecule has 3 aliphatic rings. The lowest BCUT2D eigenvalue weighted by Crippen LogP contribution is -2.49. The van der Waals surface area contributed by atoms with E-state index < -0.39 is 36.4 Å². The molecule has 0 spiro atoms. The van der Waals surface area contributed by atoms with Crippen LogP contribution in [-0.4, -0.2) is 132 Å². The van der Waals surface area contributed by atoms with Crippen molar-refractivity contribution in [1.82, 2.24) is 14.7 Å². The summed E-state index contributed by atoms with van der Waals surface area (Å²) in [5.74, 6) is -4.71. The number of ether oxygens (including phenoxy) is 1. The molecule has 0 aromatic carbocycles. The summed E-state index contributed by atoms with van der Waals surface area (Å²) in [7, 11) is 2.22. The summed E-state index contributed by atoms with van der Waals surface area (Å²) in [5, 5.41) is 21.4. The zero-order valence-electron chi connectivity index (χ0n) is 24.1. The minimum Gasteiger partial charge on any atom is -0.475 e. The highest BCUT2D eigenvalue weighted by molar-refractivity contribution is 5.73. The number of nitrogens with zero attached hydrogens (tertiary/aromatic N) is 3. The van der Waals surface area contributed by atoms with Crippen molar-refractivity contribution in [3.05, 3.63) is 23.7 Å². The van der Waals surface area contributed by atoms with Crippen LogP contribution in [-0.2, 0) is 25.7 Å². The van der Waals surface area contributed by atoms with Gasteiger partial charge in [0.1, 0.15) is 11.5 Å². The maximum atomic E-state index is 10.6. The molecule has 0 amide bonds. The standard InChI is InChI=1S/C19H31N3O2.3C2HF3O2/c1-15-3-4-17(24-15)11-22-6-5-16-14-23-19(18(16)12-22)13-21-9-7-20(2)8-10-21;3*3-2(4,5)1(6)7/h3-4,16,18-19H,5-14H2,1-2H3;3*(H,6,7)/t16-,18-,19+;;;/m0.../s1. The predicted octanol–water partition coefficient (Wildman–Crippen LogP) is 3.57. The van der Waals surface area contributed by atoms with E-state index in [2.05, 4.69) is 33.9 Å². The van der Waals surface area contributed by atoms with E-state index in [9.17, 15) is 39.5 Å². The number of alkyl halides is 9. The van der Waals surface area contributed by atoms with Crippen molar-refractivity contribution in [3.63, 3.8) is 0 Å². The van der Waals surface area contributed by atoms with Gasteiger partial charge in [-0.2, -0.15) is 39.5 Å². The maximum absolute atomic E-state index is 10.6. The summed E-state index contributed by atoms with van der Waals surface area (Å²) >= 11 is 0. The number of hydrogen-bond acceptors (Lipinski definition) is 8. The SMILES string of the molecule is Cc1ccc(CN2CC[C@H]3CO[C@H](CN4CCN(C)CC4)[C@H]3C2)o1.O=C(O)C(F)(F)F.O=C(O)C(F)(F)F.O=C(O)C(F)(F)F. The molecule has 11 nitrogen and oxygen atoms in total. The number of carbonyl (C=O) groups is 3. The van der Waals surface area contributed by atoms with Crippen molar-refractivity contribution in [1.29, 1.82) is 0 Å². The van der Waals surface area contributed by atoms with Crippen molar-refractivity contribution in [2.45, 2.75) is 44.5 Å². The number of fused-ring (bicyclic) bond motifs is 1. The largest absolute Gasteiger partial charge is 0.490 e. The van der Waals surface area contributed by atoms with E-state index in [1.807, 2.05) is 6.92 Å². The molecule has 0 aliphatic carbocycles. The van der Waals surface area contributed by atoms with Crippen LogP contribution in [0.3, 0.4) is 0 Å². The van der Waals surface area contributed by atoms with Crippen LogP contribution in [0.1, 0.15) is 17.9 Å². The summed E-state index contributed by atoms with van der Waals surface area (Å²) in [6.45, 7) is 12.1. The van der Waals surface area contributed by atoms with Crippen molar-refractivity contribution < 1.29 is 78.4 Å². The van der Waals surface area contributed by atoms with Crippen molar-refractivity contribution >= 4 is 17.9 Å². The lowest BCUT2D eigenvalue weighted by molar-refractivity contribution is -0.193. The molecule has 20 heteroatoms. The first kappa shape index (κ1) is 39.9. The molecule has 0 unspecified atom stereocenters. The number of rotatable bonds is 4. The van der Waals surface area contributed by atoms with Gasteiger partial charge in [0.25, 0.3) is 0 Å². The fourth-order valence-corrected chi connectivity index (χ4v) is 4.51. The first-order valence-corrected chi connectivity index (χ1v) is 13.2. The van der Waals surface area contributed by atoms with Crippen molar-refractivity contribution in [2.24, 2.45) is 11.8 Å². The molecule has 260 valence electrons. The van der Waals surface area contributed by atoms with Gasteiger partial charge >= 0.3 is 36.4 Å². The molecule has 0 saturated carbocycles. The lowest BCUT2D eigenvalue weighted by atomic mass is 9.84. The van der Waals surface area contributed by atoms with Crippen LogP contribution in [0.2, 0.25) is 0 Å². The minimum atomic E-state index is -5.08. The molecular formula is C25H34F9N3O8. The molecule has 0 radical (unpaired) electrons. The number of hydrogen-bond donors (Lipinski definition) is 3. The minimum absolute atomic E-state index is 0.416. The van der Waals surface area contributed by atoms with E-state index in [-0.39, 0.29) is 0 Å². The van der Waals surface area contributed by atoms with E-state index in [4.69, 9.17) is 38.9 Å². The topological polar surface area (TPSA) is 144 Å². The molecule has 3 aliphatic heterocycles. The zero-order valence-corrected chi connectivity index (χ0v) is 24.1. The smallest absolute Gasteiger partial charge is 0.475 e. The fraction of sp³-hybridized carbons (Fsp3) is 0.720. The highest BCUT2D eigenvalue weighted by Gasteiger charge is 2.42. The predicted molar refractivity (Wildman–Crippen MR) is 135 cm³/mol. The first-order chi connectivity index (χ1) is 20.5. The molecule has 1 aromatic rings. The zero-order chi connectivity index (χ0) is 34.8. The second-order valence-corrected chi connectivity index (χ2v) is 10.3. The van der Waals surface area contributed by atoms with Gasteiger partial charge in [-0.3, -0.25) is 9.80 Å². The van der Waals surface area contributed by atoms with Gasteiger partial charge in [0.05, 0.1) is 19.3 Å². The molecule has 45 heavy (non-hydrogen) atoms. The number of carboxylic acids is 3. The van der Waals surface area contributed by atoms with Gasteiger partial charge in [0.15, 0.2) is 0 Å². The average molecular weight is 676 g/mol. The quantitative estimate of drug-likeness (QED) is 0.403. The number of halogens is 9. The third-order valence-corrected chi connectivity index (χ3v) is 6.83. The van der Waals surface area contributed by atoms with Crippen LogP contribution >= 0.6 is 0 Å². The molecule has 4 heterocycles. The molecule has 4 rings (SSSR count). The number of aliphatic carboxylic acids is 3. The summed E-state index contributed by atoms with van der Waals surface area (Å²) in [6, 6.07) is 4.19. The van der Waals surface area contributed by atoms with Crippen LogP contribution in [0.4, 0.5) is 39.5 Å². The van der Waals surface area contributed by atoms with E-state index in [0.29, 0.717) is 12.0 Å². The van der Waals surface area contributed by atoms with Gasteiger partial charge in [-0.15, -0.1) is 0 Å². The van der Waals surface area contributed by atoms with Crippen molar-refractivity contribution in [3.8, 4) is 0 Å². The Bertz CT molecular complexity index is 1030. The van der Waals surface area contributed by atoms with E-state index in [1.54, 1.807) is 0 Å². The fourth-order valence-electron chi connectivity index (χ4n) is 4.51. The average Bonchev–Trinajstić information content (AvgIpc) is 3.50. The maximum Gasteiger partial charge on any atom is 0.490 e. The highest BCUT2D eigenvalue weighted by Crippen LogP contribution is 2.35. The summed E-state index contributed by atoms with van der Waals surface area (Å²) in [4.78, 5) is 34.3. The van der Waals surface area contributed by atoms with Crippen LogP contribution in [0, 0.1) is 18.8 Å². The molecule has 3 saturated heterocycles. The van der Waals surface area contributed by atoms with Gasteiger partial charge in [-0.05, 0) is 45.0 Å². The third-order valence-electron chi connectivity index (χ3n) is 6.83. The Hall–Kier alpha value is -3.10. The molecule has 3 atom stereocenters. The number of likely N-dealkylation sites (tertiary alicyclic amines) is 1. The first-order valence-electron chi connectivity index (χ1n) is 13.2. The van der Waals surface area contributed by atoms with Crippen LogP contribution < -0.4 is 0 Å². The van der Waals surface area contributed by atoms with E-state index >= 15 is 0 Å². The van der Waals surface area contributed by atoms with Crippen LogP contribution in [0.25, 0.3) is 0 Å². The molecule has 0 bridgehead atoms. The summed E-state index contributed by atoms with van der Waals surface area (Å²) in [6.07, 6.45) is -13.6. The number of furan rings is 1. The van der Waals surface area contributed by atoms with E-state index in [1.165, 1.54) is 39.1 Å². The van der Waals surface area contributed by atoms with Crippen molar-refractivity contribution in [2.75, 3.05) is 59.5 Å². The highest BCUT2D eigenvalue weighted by atomic mass is 19.4. The second-order valence-electron chi connectivity index (χ2n) is 10.3. The van der Waals surface area contributed by atoms with Gasteiger partial charge in [-0.25, -0.2) is 14.4 Å². The Balaban J connectivity index is 0.000000396. The number of likely N-dealkylation sites (N-methyl/N-ethyl adjacent to an activating group) is 1. The molecule has 3 fully saturated rings. The molecule has 3 N–H and O–H groups in total. The van der Waals surface area contributed by atoms with Crippen LogP contribution in [0.15, 0.2) is 16.5 Å². The Morgan fingerprint density at radius 3 is 1.67 bits per heavy atom. The Morgan fingerprint density at radius 1 is 0.800 bits per heavy atom. The third kappa shape index (κ3) is 15.2. The Kier molecular flexibility index (Phi) is 15.1. The van der Waals surface area contributed by atoms with Gasteiger partial charge < -0.3 is 29.4 Å². The molecular weight excluding hydrogens is 641 g/mol. The summed E-state index contributed by atoms with van der Waals surface area (Å²) < 4.78 is 107. The Morgan fingerprint density at radius 2 is 1.27 bits per heavy atom. The molecule has 1 aromatic heterocycles. The van der Waals surface area contributed by atoms with Gasteiger partial charge in [0.2, 0.25) is 0 Å². The van der Waals surface area contributed by atoms with Gasteiger partial charge in [-0.1, -0.05) is 0 Å². The monoisotopic (exact) mass is 675 g/mol. The lowest BCUT2D eigenvalue weighted by Gasteiger charge is -2.38. The Labute approximate surface area is 251 Å². The normalized spacial score (nSPS) is 22.9. The second kappa shape index (κ2) is 17.0. The number of aryl methyl sites for hydroxylation is 1. The van der Waals surface area contributed by atoms with E-state index in [0.717, 1.165) is 43.7 Å². The van der Waals surface area contributed by atoms with Crippen LogP contribution in [0.5, 0.6) is 0 Å². The number of piperazine rings is 1. The number of piperidine rings is 1. The van der Waals surface area contributed by atoms with Gasteiger partial charge in [0, 0.05) is 45.2 Å². The summed E-state index contributed by atoms with van der Waals surface area (Å²) in [5.41, 5.74) is 0. The number of carboxylic acid groups (broad SMARTS) is 3.